The van der Waals surface area contributed by atoms with Crippen molar-refractivity contribution in [3.05, 3.63) is 0 Å². The Morgan fingerprint density at radius 3 is 2.33 bits per heavy atom. The fourth-order valence-corrected chi connectivity index (χ4v) is 3.67. The summed E-state index contributed by atoms with van der Waals surface area (Å²) in [5, 5.41) is 8.65. The minimum atomic E-state index is -2.75. The fraction of sp³-hybridized carbons (Fsp3) is 0.875. The van der Waals surface area contributed by atoms with Crippen molar-refractivity contribution in [3.63, 3.8) is 0 Å². The van der Waals surface area contributed by atoms with Gasteiger partial charge in [0, 0.05) is 0 Å². The van der Waals surface area contributed by atoms with Crippen LogP contribution in [0.15, 0.2) is 0 Å². The van der Waals surface area contributed by atoms with Crippen LogP contribution in [0.3, 0.4) is 0 Å². The highest BCUT2D eigenvalue weighted by molar-refractivity contribution is 7.91. The smallest absolute Gasteiger partial charge is 0.150 e. The number of nitrogens with zero attached hydrogens (tertiary/aromatic N) is 1. The first-order valence-electron chi connectivity index (χ1n) is 4.18. The van der Waals surface area contributed by atoms with Gasteiger partial charge in [0.1, 0.15) is 9.84 Å². The quantitative estimate of drug-likeness (QED) is 0.559. The summed E-state index contributed by atoms with van der Waals surface area (Å²) in [5.41, 5.74) is 0.111. The third kappa shape index (κ3) is 1.13. The molecule has 0 radical (unpaired) electrons. The van der Waals surface area contributed by atoms with Crippen LogP contribution in [0.4, 0.5) is 0 Å². The molecule has 0 N–H and O–H groups in total. The minimum Gasteiger partial charge on any atom is -0.229 e. The molecule has 1 spiro atoms. The molecular weight excluding hydrogens is 174 g/mol. The fourth-order valence-electron chi connectivity index (χ4n) is 2.03. The van der Waals surface area contributed by atoms with Gasteiger partial charge in [0.2, 0.25) is 0 Å². The number of hydrogen-bond acceptors (Lipinski definition) is 3. The Hall–Kier alpha value is -0.560. The molecule has 2 aliphatic rings. The van der Waals surface area contributed by atoms with Gasteiger partial charge in [-0.3, -0.25) is 0 Å². The second-order valence-corrected chi connectivity index (χ2v) is 6.20. The molecule has 2 fully saturated rings. The summed E-state index contributed by atoms with van der Waals surface area (Å²) in [6, 6.07) is 2.23. The van der Waals surface area contributed by atoms with Gasteiger partial charge in [-0.05, 0) is 24.7 Å². The van der Waals surface area contributed by atoms with Gasteiger partial charge in [-0.1, -0.05) is 0 Å². The van der Waals surface area contributed by atoms with E-state index in [0.717, 1.165) is 6.42 Å². The topological polar surface area (TPSA) is 57.9 Å². The molecule has 4 heteroatoms. The molecule has 1 unspecified atom stereocenters. The van der Waals surface area contributed by atoms with Crippen LogP contribution >= 0.6 is 0 Å². The predicted molar refractivity (Wildman–Crippen MR) is 44.0 cm³/mol. The van der Waals surface area contributed by atoms with E-state index in [4.69, 9.17) is 5.26 Å². The Balaban J connectivity index is 2.07. The van der Waals surface area contributed by atoms with Crippen LogP contribution in [0, 0.1) is 22.7 Å². The summed E-state index contributed by atoms with van der Waals surface area (Å²) in [5.74, 6) is 0.740. The maximum absolute atomic E-state index is 11.1. The Bertz CT molecular complexity index is 325. The first-order chi connectivity index (χ1) is 5.58. The standard InChI is InChI=1S/C8H11NO2S/c9-6-7-5-8(7)1-3-12(10,11)4-2-8/h7H,1-5H2. The molecule has 1 heterocycles. The van der Waals surface area contributed by atoms with E-state index in [2.05, 4.69) is 6.07 Å². The molecule has 1 aliphatic heterocycles. The van der Waals surface area contributed by atoms with Gasteiger partial charge in [0.25, 0.3) is 0 Å². The van der Waals surface area contributed by atoms with Crippen molar-refractivity contribution in [1.82, 2.24) is 0 Å². The molecule has 0 aromatic rings. The van der Waals surface area contributed by atoms with Crippen LogP contribution in [0.1, 0.15) is 19.3 Å². The summed E-state index contributed by atoms with van der Waals surface area (Å²) in [4.78, 5) is 0. The lowest BCUT2D eigenvalue weighted by Crippen LogP contribution is -2.25. The molecule has 0 amide bonds. The van der Waals surface area contributed by atoms with Gasteiger partial charge in [0.05, 0.1) is 23.5 Å². The van der Waals surface area contributed by atoms with Crippen LogP contribution < -0.4 is 0 Å². The summed E-state index contributed by atoms with van der Waals surface area (Å²) < 4.78 is 22.2. The van der Waals surface area contributed by atoms with E-state index in [0.29, 0.717) is 24.3 Å². The monoisotopic (exact) mass is 185 g/mol. The maximum atomic E-state index is 11.1. The van der Waals surface area contributed by atoms with Crippen LogP contribution in [0.5, 0.6) is 0 Å². The van der Waals surface area contributed by atoms with Gasteiger partial charge in [-0.25, -0.2) is 8.42 Å². The molecule has 66 valence electrons. The van der Waals surface area contributed by atoms with Gasteiger partial charge >= 0.3 is 0 Å². The zero-order valence-electron chi connectivity index (χ0n) is 6.78. The van der Waals surface area contributed by atoms with Crippen molar-refractivity contribution >= 4 is 9.84 Å². The third-order valence-corrected chi connectivity index (χ3v) is 4.82. The first-order valence-corrected chi connectivity index (χ1v) is 6.00. The summed E-state index contributed by atoms with van der Waals surface area (Å²) in [7, 11) is -2.75. The van der Waals surface area contributed by atoms with E-state index in [1.54, 1.807) is 0 Å². The molecule has 1 aliphatic carbocycles. The van der Waals surface area contributed by atoms with Crippen molar-refractivity contribution in [1.29, 1.82) is 5.26 Å². The lowest BCUT2D eigenvalue weighted by Gasteiger charge is -2.20. The first kappa shape index (κ1) is 8.06. The van der Waals surface area contributed by atoms with Crippen molar-refractivity contribution in [2.24, 2.45) is 11.3 Å². The SMILES string of the molecule is N#CC1CC12CCS(=O)(=O)CC2. The van der Waals surface area contributed by atoms with E-state index in [9.17, 15) is 8.42 Å². The lowest BCUT2D eigenvalue weighted by atomic mass is 9.97. The number of hydrogen-bond donors (Lipinski definition) is 0. The van der Waals surface area contributed by atoms with Crippen LogP contribution in [0.2, 0.25) is 0 Å². The average molecular weight is 185 g/mol. The Morgan fingerprint density at radius 2 is 1.92 bits per heavy atom. The second kappa shape index (κ2) is 2.23. The predicted octanol–water partition coefficient (Wildman–Crippen LogP) is 0.725. The molecule has 0 aromatic heterocycles. The number of nitriles is 1. The molecular formula is C8H11NO2S. The zero-order chi connectivity index (χ0) is 8.82. The number of sulfone groups is 1. The highest BCUT2D eigenvalue weighted by atomic mass is 32.2. The van der Waals surface area contributed by atoms with E-state index in [-0.39, 0.29) is 11.3 Å². The Kier molecular flexibility index (Phi) is 1.50. The molecule has 12 heavy (non-hydrogen) atoms. The van der Waals surface area contributed by atoms with Gasteiger partial charge in [0.15, 0.2) is 0 Å². The van der Waals surface area contributed by atoms with Crippen molar-refractivity contribution in [2.45, 2.75) is 19.3 Å². The van der Waals surface area contributed by atoms with E-state index >= 15 is 0 Å². The van der Waals surface area contributed by atoms with Crippen LogP contribution in [-0.4, -0.2) is 19.9 Å². The molecule has 0 aromatic carbocycles. The van der Waals surface area contributed by atoms with E-state index in [1.807, 2.05) is 0 Å². The Labute approximate surface area is 72.3 Å². The highest BCUT2D eigenvalue weighted by Crippen LogP contribution is 2.59. The molecule has 2 rings (SSSR count). The highest BCUT2D eigenvalue weighted by Gasteiger charge is 2.56. The Morgan fingerprint density at radius 1 is 1.33 bits per heavy atom. The lowest BCUT2D eigenvalue weighted by molar-refractivity contribution is 0.427. The van der Waals surface area contributed by atoms with Crippen LogP contribution in [-0.2, 0) is 9.84 Å². The molecule has 0 bridgehead atoms. The van der Waals surface area contributed by atoms with Gasteiger partial charge in [-0.15, -0.1) is 0 Å². The van der Waals surface area contributed by atoms with E-state index < -0.39 is 9.84 Å². The van der Waals surface area contributed by atoms with Crippen molar-refractivity contribution in [3.8, 4) is 6.07 Å². The summed E-state index contributed by atoms with van der Waals surface area (Å²) >= 11 is 0. The molecule has 1 saturated carbocycles. The largest absolute Gasteiger partial charge is 0.229 e. The average Bonchev–Trinajstić information content (AvgIpc) is 2.72. The van der Waals surface area contributed by atoms with Gasteiger partial charge < -0.3 is 0 Å². The summed E-state index contributed by atoms with van der Waals surface area (Å²) in [6.07, 6.45) is 2.36. The normalized spacial score (nSPS) is 35.8. The van der Waals surface area contributed by atoms with Crippen molar-refractivity contribution < 1.29 is 8.42 Å². The second-order valence-electron chi connectivity index (χ2n) is 3.90. The zero-order valence-corrected chi connectivity index (χ0v) is 7.60. The maximum Gasteiger partial charge on any atom is 0.150 e. The minimum absolute atomic E-state index is 0.111. The molecule has 3 nitrogen and oxygen atoms in total. The molecule has 1 atom stereocenters. The third-order valence-electron chi connectivity index (χ3n) is 3.17. The number of rotatable bonds is 0. The van der Waals surface area contributed by atoms with Gasteiger partial charge in [-0.2, -0.15) is 5.26 Å². The van der Waals surface area contributed by atoms with Crippen LogP contribution in [0.25, 0.3) is 0 Å². The van der Waals surface area contributed by atoms with Crippen molar-refractivity contribution in [2.75, 3.05) is 11.5 Å². The summed E-state index contributed by atoms with van der Waals surface area (Å²) in [6.45, 7) is 0. The van der Waals surface area contributed by atoms with E-state index in [1.165, 1.54) is 0 Å². The molecule has 1 saturated heterocycles.